The number of para-hydroxylation sites is 2. The topological polar surface area (TPSA) is 19.6 Å². The third-order valence-electron chi connectivity index (χ3n) is 14.4. The molecule has 1 aromatic heterocycles. The Morgan fingerprint density at radius 2 is 1.07 bits per heavy atom. The van der Waals surface area contributed by atoms with Gasteiger partial charge < -0.3 is 14.2 Å². The van der Waals surface area contributed by atoms with Crippen molar-refractivity contribution in [2.75, 3.05) is 9.80 Å². The fraction of sp³-hybridized carbons (Fsp3) is 0.0625. The minimum absolute atomic E-state index is 0.318. The molecule has 13 rings (SSSR count). The monoisotopic (exact) mass is 858 g/mol. The van der Waals surface area contributed by atoms with E-state index in [1.54, 1.807) is 0 Å². The fourth-order valence-corrected chi connectivity index (χ4v) is 11.0. The van der Waals surface area contributed by atoms with Crippen LogP contribution < -0.4 is 9.80 Å². The zero-order valence-corrected chi connectivity index (χ0v) is 37.5. The Labute approximate surface area is 390 Å². The number of hydrogen-bond acceptors (Lipinski definition) is 3. The summed E-state index contributed by atoms with van der Waals surface area (Å²) < 4.78 is 7.01. The van der Waals surface area contributed by atoms with Crippen molar-refractivity contribution in [3.05, 3.63) is 242 Å². The molecule has 0 spiro atoms. The van der Waals surface area contributed by atoms with E-state index in [2.05, 4.69) is 249 Å². The third-order valence-corrected chi connectivity index (χ3v) is 14.4. The third kappa shape index (κ3) is 6.05. The van der Waals surface area contributed by atoms with E-state index >= 15 is 0 Å². The van der Waals surface area contributed by atoms with Crippen LogP contribution in [-0.4, -0.2) is 0 Å². The predicted molar refractivity (Wildman–Crippen MR) is 285 cm³/mol. The van der Waals surface area contributed by atoms with Crippen molar-refractivity contribution in [3.8, 4) is 11.1 Å². The Morgan fingerprint density at radius 3 is 1.81 bits per heavy atom. The smallest absolute Gasteiger partial charge is 0.160 e. The molecular formula is C64H46N2O. The average Bonchev–Trinajstić information content (AvgIpc) is 3.79. The largest absolute Gasteiger partial charge is 0.454 e. The quantitative estimate of drug-likeness (QED) is 0.149. The fourth-order valence-electron chi connectivity index (χ4n) is 11.0. The maximum atomic E-state index is 7.01. The van der Waals surface area contributed by atoms with E-state index in [1.165, 1.54) is 70.7 Å². The maximum Gasteiger partial charge on any atom is 0.160 e. The number of allylic oxidation sites excluding steroid dienone is 5. The molecular weight excluding hydrogens is 813 g/mol. The first-order valence-electron chi connectivity index (χ1n) is 23.2. The highest BCUT2D eigenvalue weighted by molar-refractivity contribution is 6.29. The van der Waals surface area contributed by atoms with Gasteiger partial charge in [-0.15, -0.1) is 0 Å². The van der Waals surface area contributed by atoms with Crippen molar-refractivity contribution in [2.45, 2.75) is 25.7 Å². The number of rotatable bonds is 7. The summed E-state index contributed by atoms with van der Waals surface area (Å²) in [6.07, 6.45) is 9.50. The molecule has 0 atom stereocenters. The molecule has 3 nitrogen and oxygen atoms in total. The Hall–Kier alpha value is -8.40. The van der Waals surface area contributed by atoms with Gasteiger partial charge >= 0.3 is 0 Å². The molecule has 1 aliphatic rings. The van der Waals surface area contributed by atoms with Gasteiger partial charge in [0.25, 0.3) is 0 Å². The number of furan rings is 1. The van der Waals surface area contributed by atoms with Gasteiger partial charge in [-0.1, -0.05) is 184 Å². The predicted octanol–water partition coefficient (Wildman–Crippen LogP) is 18.2. The van der Waals surface area contributed by atoms with E-state index in [4.69, 9.17) is 4.42 Å². The van der Waals surface area contributed by atoms with Crippen LogP contribution in [0.5, 0.6) is 0 Å². The van der Waals surface area contributed by atoms with E-state index in [1.807, 2.05) is 0 Å². The van der Waals surface area contributed by atoms with Gasteiger partial charge in [-0.25, -0.2) is 0 Å². The second kappa shape index (κ2) is 15.1. The molecule has 1 aliphatic carbocycles. The molecule has 318 valence electrons. The highest BCUT2D eigenvalue weighted by Gasteiger charge is 2.30. The minimum atomic E-state index is -0.318. The SMILES string of the molecule is C=C1/C=C\C=C/Cc2ccc(N(c3ccc4ccc5c(N(c6ccccc6)c6ccccc6-c6ccccc6)ccc6ccc3c4c65)c3ccc4ccc5cccc6oc3c4c56)cc2C1(C)C. The molecule has 0 amide bonds. The van der Waals surface area contributed by atoms with E-state index < -0.39 is 0 Å². The highest BCUT2D eigenvalue weighted by atomic mass is 16.3. The van der Waals surface area contributed by atoms with Gasteiger partial charge in [-0.3, -0.25) is 0 Å². The summed E-state index contributed by atoms with van der Waals surface area (Å²) in [6, 6.07) is 71.1. The molecule has 0 saturated heterocycles. The first kappa shape index (κ1) is 39.0. The second-order valence-electron chi connectivity index (χ2n) is 18.5. The first-order valence-corrected chi connectivity index (χ1v) is 23.2. The lowest BCUT2D eigenvalue weighted by molar-refractivity contribution is 0.635. The lowest BCUT2D eigenvalue weighted by atomic mass is 9.75. The van der Waals surface area contributed by atoms with Crippen molar-refractivity contribution in [2.24, 2.45) is 0 Å². The molecule has 0 radical (unpaired) electrons. The van der Waals surface area contributed by atoms with Crippen LogP contribution in [0.3, 0.4) is 0 Å². The Balaban J connectivity index is 1.09. The summed E-state index contributed by atoms with van der Waals surface area (Å²) in [4.78, 5) is 4.89. The second-order valence-corrected chi connectivity index (χ2v) is 18.5. The van der Waals surface area contributed by atoms with Crippen molar-refractivity contribution in [1.29, 1.82) is 0 Å². The molecule has 3 heteroatoms. The number of anilines is 6. The molecule has 1 heterocycles. The first-order chi connectivity index (χ1) is 32.9. The molecule has 0 bridgehead atoms. The number of fused-ring (bicyclic) bond motifs is 1. The van der Waals surface area contributed by atoms with Crippen LogP contribution >= 0.6 is 0 Å². The van der Waals surface area contributed by atoms with E-state index in [0.29, 0.717) is 0 Å². The summed E-state index contributed by atoms with van der Waals surface area (Å²) >= 11 is 0. The van der Waals surface area contributed by atoms with Crippen molar-refractivity contribution in [3.63, 3.8) is 0 Å². The van der Waals surface area contributed by atoms with Gasteiger partial charge in [0, 0.05) is 43.9 Å². The van der Waals surface area contributed by atoms with Crippen molar-refractivity contribution in [1.82, 2.24) is 0 Å². The highest BCUT2D eigenvalue weighted by Crippen LogP contribution is 2.52. The molecule has 0 unspecified atom stereocenters. The summed E-state index contributed by atoms with van der Waals surface area (Å²) in [5, 5.41) is 11.9. The van der Waals surface area contributed by atoms with E-state index in [-0.39, 0.29) is 5.41 Å². The van der Waals surface area contributed by atoms with Gasteiger partial charge in [-0.2, -0.15) is 0 Å². The Bertz CT molecular complexity index is 3950. The van der Waals surface area contributed by atoms with Gasteiger partial charge in [-0.05, 0) is 116 Å². The van der Waals surface area contributed by atoms with Crippen molar-refractivity contribution >= 4 is 99.2 Å². The van der Waals surface area contributed by atoms with E-state index in [9.17, 15) is 0 Å². The summed E-state index contributed by atoms with van der Waals surface area (Å²) in [5.74, 6) is 0. The minimum Gasteiger partial charge on any atom is -0.454 e. The Kier molecular flexibility index (Phi) is 8.78. The molecule has 0 fully saturated rings. The standard InChI is InChI=1S/C64H46N2O/c1-41-16-7-4-10-19-43-28-34-49(40-53(43)64(41,2)3)66(57-39-33-47-27-26-44-20-15-25-58-61(44)62(47)63(57)67-58)56-38-32-46-29-35-51-55(37-31-45-30-36-52(56)60(46)59(45)51)65(48-21-11-6-12-22-48)54-24-14-13-23-50(54)42-17-8-5-9-18-42/h4-18,20-40H,1,19H2,2-3H3/b10-4-,16-7-. The zero-order chi connectivity index (χ0) is 44.8. The molecule has 11 aromatic carbocycles. The number of nitrogens with zero attached hydrogens (tertiary/aromatic N) is 2. The summed E-state index contributed by atoms with van der Waals surface area (Å²) in [6.45, 7) is 9.20. The average molecular weight is 859 g/mol. The molecule has 12 aromatic rings. The molecule has 67 heavy (non-hydrogen) atoms. The lowest BCUT2D eigenvalue weighted by Gasteiger charge is -2.33. The van der Waals surface area contributed by atoms with Crippen LogP contribution in [0.15, 0.2) is 235 Å². The summed E-state index contributed by atoms with van der Waals surface area (Å²) in [7, 11) is 0. The van der Waals surface area contributed by atoms with Gasteiger partial charge in [0.15, 0.2) is 5.58 Å². The molecule has 0 N–H and O–H groups in total. The van der Waals surface area contributed by atoms with Gasteiger partial charge in [0.1, 0.15) is 5.58 Å². The van der Waals surface area contributed by atoms with E-state index in [0.717, 1.165) is 62.7 Å². The molecule has 0 saturated carbocycles. The zero-order valence-electron chi connectivity index (χ0n) is 37.5. The van der Waals surface area contributed by atoms with Crippen LogP contribution in [0, 0.1) is 0 Å². The number of benzene rings is 11. The number of hydrogen-bond donors (Lipinski definition) is 0. The van der Waals surface area contributed by atoms with Crippen LogP contribution in [0.25, 0.3) is 76.2 Å². The normalized spacial score (nSPS) is 14.7. The van der Waals surface area contributed by atoms with Crippen molar-refractivity contribution < 1.29 is 4.42 Å². The summed E-state index contributed by atoms with van der Waals surface area (Å²) in [5.41, 5.74) is 13.9. The van der Waals surface area contributed by atoms with Crippen LogP contribution in [0.2, 0.25) is 0 Å². The van der Waals surface area contributed by atoms with Crippen LogP contribution in [0.1, 0.15) is 25.0 Å². The van der Waals surface area contributed by atoms with Crippen LogP contribution in [-0.2, 0) is 11.8 Å². The van der Waals surface area contributed by atoms with Gasteiger partial charge in [0.05, 0.1) is 22.7 Å². The maximum absolute atomic E-state index is 7.01. The lowest BCUT2D eigenvalue weighted by Crippen LogP contribution is -2.22. The van der Waals surface area contributed by atoms with Crippen LogP contribution in [0.4, 0.5) is 34.1 Å². The molecule has 0 aliphatic heterocycles. The Morgan fingerprint density at radius 1 is 0.478 bits per heavy atom. The van der Waals surface area contributed by atoms with Gasteiger partial charge in [0.2, 0.25) is 0 Å².